The Morgan fingerprint density at radius 1 is 1.10 bits per heavy atom. The number of anilines is 1. The fourth-order valence-corrected chi connectivity index (χ4v) is 3.76. The maximum Gasteiger partial charge on any atom is 0.266 e. The summed E-state index contributed by atoms with van der Waals surface area (Å²) in [6.07, 6.45) is 1.54. The number of rotatable bonds is 6. The van der Waals surface area contributed by atoms with Crippen LogP contribution in [-0.4, -0.2) is 5.91 Å². The molecular formula is C25H20Br2N2O2. The summed E-state index contributed by atoms with van der Waals surface area (Å²) < 4.78 is 7.77. The number of ether oxygens (including phenoxy) is 1. The van der Waals surface area contributed by atoms with E-state index >= 15 is 0 Å². The molecule has 0 fully saturated rings. The maximum absolute atomic E-state index is 12.7. The highest BCUT2D eigenvalue weighted by molar-refractivity contribution is 9.10. The van der Waals surface area contributed by atoms with E-state index in [2.05, 4.69) is 37.2 Å². The van der Waals surface area contributed by atoms with Gasteiger partial charge in [-0.2, -0.15) is 5.26 Å². The van der Waals surface area contributed by atoms with Gasteiger partial charge in [0.1, 0.15) is 24.0 Å². The normalized spacial score (nSPS) is 11.0. The number of halogens is 2. The largest absolute Gasteiger partial charge is 0.488 e. The van der Waals surface area contributed by atoms with Crippen LogP contribution >= 0.6 is 31.9 Å². The smallest absolute Gasteiger partial charge is 0.266 e. The van der Waals surface area contributed by atoms with Crippen molar-refractivity contribution in [3.05, 3.63) is 97.4 Å². The Bertz CT molecular complexity index is 1200. The highest BCUT2D eigenvalue weighted by Crippen LogP contribution is 2.28. The Labute approximate surface area is 198 Å². The molecule has 3 aromatic rings. The summed E-state index contributed by atoms with van der Waals surface area (Å²) >= 11 is 6.96. The molecule has 31 heavy (non-hydrogen) atoms. The van der Waals surface area contributed by atoms with Crippen molar-refractivity contribution in [2.75, 3.05) is 5.32 Å². The SMILES string of the molecule is Cc1ccc(NC(=O)/C(C#N)=C/c2cc(Br)ccc2OCc2ccccc2Br)c(C)c1. The summed E-state index contributed by atoms with van der Waals surface area (Å²) in [6.45, 7) is 4.25. The molecule has 0 aliphatic rings. The summed E-state index contributed by atoms with van der Waals surface area (Å²) in [5, 5.41) is 12.4. The van der Waals surface area contributed by atoms with E-state index in [-0.39, 0.29) is 5.57 Å². The van der Waals surface area contributed by atoms with Gasteiger partial charge in [-0.05, 0) is 55.8 Å². The Balaban J connectivity index is 1.85. The molecule has 156 valence electrons. The van der Waals surface area contributed by atoms with Crippen LogP contribution in [0.4, 0.5) is 5.69 Å². The first-order valence-corrected chi connectivity index (χ1v) is 11.1. The second-order valence-electron chi connectivity index (χ2n) is 7.00. The average molecular weight is 540 g/mol. The summed E-state index contributed by atoms with van der Waals surface area (Å²) in [4.78, 5) is 12.7. The summed E-state index contributed by atoms with van der Waals surface area (Å²) in [5.74, 6) is 0.109. The molecule has 0 saturated carbocycles. The van der Waals surface area contributed by atoms with Crippen molar-refractivity contribution in [1.82, 2.24) is 0 Å². The fourth-order valence-electron chi connectivity index (χ4n) is 2.98. The number of benzene rings is 3. The van der Waals surface area contributed by atoms with Crippen LogP contribution in [-0.2, 0) is 11.4 Å². The van der Waals surface area contributed by atoms with Gasteiger partial charge < -0.3 is 10.1 Å². The van der Waals surface area contributed by atoms with Crippen molar-refractivity contribution in [2.24, 2.45) is 0 Å². The van der Waals surface area contributed by atoms with Gasteiger partial charge in [-0.3, -0.25) is 4.79 Å². The number of nitrogens with one attached hydrogen (secondary N) is 1. The van der Waals surface area contributed by atoms with Gasteiger partial charge in [0.25, 0.3) is 5.91 Å². The lowest BCUT2D eigenvalue weighted by atomic mass is 10.1. The molecule has 0 spiro atoms. The lowest BCUT2D eigenvalue weighted by molar-refractivity contribution is -0.112. The van der Waals surface area contributed by atoms with E-state index in [1.807, 2.05) is 80.6 Å². The number of aryl methyl sites for hydroxylation is 2. The number of hydrogen-bond donors (Lipinski definition) is 1. The van der Waals surface area contributed by atoms with E-state index < -0.39 is 5.91 Å². The van der Waals surface area contributed by atoms with E-state index in [4.69, 9.17) is 4.74 Å². The van der Waals surface area contributed by atoms with E-state index in [9.17, 15) is 10.1 Å². The monoisotopic (exact) mass is 538 g/mol. The summed E-state index contributed by atoms with van der Waals surface area (Å²) in [6, 6.07) is 21.0. The zero-order valence-electron chi connectivity index (χ0n) is 17.1. The van der Waals surface area contributed by atoms with Gasteiger partial charge in [-0.1, -0.05) is 67.8 Å². The van der Waals surface area contributed by atoms with Gasteiger partial charge >= 0.3 is 0 Å². The zero-order valence-corrected chi connectivity index (χ0v) is 20.2. The minimum atomic E-state index is -0.466. The first-order chi connectivity index (χ1) is 14.9. The number of nitriles is 1. The second-order valence-corrected chi connectivity index (χ2v) is 8.77. The highest BCUT2D eigenvalue weighted by Gasteiger charge is 2.13. The molecule has 1 amide bonds. The van der Waals surface area contributed by atoms with Crippen molar-refractivity contribution >= 4 is 49.5 Å². The first-order valence-electron chi connectivity index (χ1n) is 9.53. The van der Waals surface area contributed by atoms with Gasteiger partial charge in [0.15, 0.2) is 0 Å². The quantitative estimate of drug-likeness (QED) is 0.272. The van der Waals surface area contributed by atoms with E-state index in [0.29, 0.717) is 23.6 Å². The zero-order chi connectivity index (χ0) is 22.4. The van der Waals surface area contributed by atoms with Crippen LogP contribution in [0.1, 0.15) is 22.3 Å². The van der Waals surface area contributed by atoms with Gasteiger partial charge in [0.05, 0.1) is 0 Å². The third kappa shape index (κ3) is 6.06. The lowest BCUT2D eigenvalue weighted by Crippen LogP contribution is -2.14. The molecule has 0 radical (unpaired) electrons. The van der Waals surface area contributed by atoms with Gasteiger partial charge in [-0.15, -0.1) is 0 Å². The molecular weight excluding hydrogens is 520 g/mol. The third-order valence-corrected chi connectivity index (χ3v) is 5.87. The molecule has 6 heteroatoms. The topological polar surface area (TPSA) is 62.1 Å². The minimum absolute atomic E-state index is 0.0104. The van der Waals surface area contributed by atoms with Crippen LogP contribution in [0.25, 0.3) is 6.08 Å². The Kier molecular flexibility index (Phi) is 7.67. The van der Waals surface area contributed by atoms with E-state index in [1.54, 1.807) is 6.08 Å². The van der Waals surface area contributed by atoms with Crippen LogP contribution < -0.4 is 10.1 Å². The van der Waals surface area contributed by atoms with Crippen molar-refractivity contribution in [3.63, 3.8) is 0 Å². The van der Waals surface area contributed by atoms with Gasteiger partial charge in [0.2, 0.25) is 0 Å². The third-order valence-electron chi connectivity index (χ3n) is 4.61. The molecule has 0 heterocycles. The Morgan fingerprint density at radius 3 is 2.58 bits per heavy atom. The molecule has 1 N–H and O–H groups in total. The molecule has 0 aliphatic carbocycles. The predicted octanol–water partition coefficient (Wildman–Crippen LogP) is 6.95. The number of nitrogens with zero attached hydrogens (tertiary/aromatic N) is 1. The lowest BCUT2D eigenvalue weighted by Gasteiger charge is -2.12. The maximum atomic E-state index is 12.7. The van der Waals surface area contributed by atoms with Crippen LogP contribution in [0.2, 0.25) is 0 Å². The van der Waals surface area contributed by atoms with Gasteiger partial charge in [0, 0.05) is 25.8 Å². The van der Waals surface area contributed by atoms with Crippen LogP contribution in [0.5, 0.6) is 5.75 Å². The number of hydrogen-bond acceptors (Lipinski definition) is 3. The Morgan fingerprint density at radius 2 is 1.87 bits per heavy atom. The second kappa shape index (κ2) is 10.4. The molecule has 0 unspecified atom stereocenters. The number of amides is 1. The van der Waals surface area contributed by atoms with Crippen molar-refractivity contribution < 1.29 is 9.53 Å². The van der Waals surface area contributed by atoms with Gasteiger partial charge in [-0.25, -0.2) is 0 Å². The van der Waals surface area contributed by atoms with Crippen LogP contribution in [0, 0.1) is 25.2 Å². The predicted molar refractivity (Wildman–Crippen MR) is 131 cm³/mol. The molecule has 0 aliphatic heterocycles. The molecule has 4 nitrogen and oxygen atoms in total. The summed E-state index contributed by atoms with van der Waals surface area (Å²) in [5.41, 5.74) is 4.33. The highest BCUT2D eigenvalue weighted by atomic mass is 79.9. The molecule has 0 aromatic heterocycles. The number of carbonyl (C=O) groups excluding carboxylic acids is 1. The van der Waals surface area contributed by atoms with E-state index in [0.717, 1.165) is 25.6 Å². The average Bonchev–Trinajstić information content (AvgIpc) is 2.74. The minimum Gasteiger partial charge on any atom is -0.488 e. The van der Waals surface area contributed by atoms with Crippen molar-refractivity contribution in [3.8, 4) is 11.8 Å². The molecule has 0 bridgehead atoms. The van der Waals surface area contributed by atoms with E-state index in [1.165, 1.54) is 0 Å². The summed E-state index contributed by atoms with van der Waals surface area (Å²) in [7, 11) is 0. The fraction of sp³-hybridized carbons (Fsp3) is 0.120. The molecule has 0 saturated heterocycles. The molecule has 3 rings (SSSR count). The van der Waals surface area contributed by atoms with Crippen molar-refractivity contribution in [2.45, 2.75) is 20.5 Å². The molecule has 3 aromatic carbocycles. The Hall–Kier alpha value is -2.88. The van der Waals surface area contributed by atoms with Crippen LogP contribution in [0.15, 0.2) is 75.2 Å². The molecule has 0 atom stereocenters. The number of carbonyl (C=O) groups is 1. The standard InChI is InChI=1S/C25H20Br2N2O2/c1-16-7-9-23(17(2)11-16)29-25(30)20(14-28)12-19-13-21(26)8-10-24(19)31-15-18-5-3-4-6-22(18)27/h3-13H,15H2,1-2H3,(H,29,30)/b20-12+. The van der Waals surface area contributed by atoms with Crippen molar-refractivity contribution in [1.29, 1.82) is 5.26 Å². The first kappa shape index (κ1) is 22.8. The van der Waals surface area contributed by atoms with Crippen LogP contribution in [0.3, 0.4) is 0 Å².